The molecule has 1 aliphatic carbocycles. The molecule has 2 N–H and O–H groups in total. The van der Waals surface area contributed by atoms with Crippen LogP contribution in [0, 0.1) is 5.82 Å². The van der Waals surface area contributed by atoms with Crippen LogP contribution < -0.4 is 15.4 Å². The number of aromatic nitrogens is 3. The minimum atomic E-state index is -0.605. The van der Waals surface area contributed by atoms with Crippen molar-refractivity contribution in [2.24, 2.45) is 0 Å². The maximum atomic E-state index is 13.0. The molecule has 0 spiro atoms. The van der Waals surface area contributed by atoms with Gasteiger partial charge in [0, 0.05) is 38.6 Å². The van der Waals surface area contributed by atoms with Crippen molar-refractivity contribution in [1.82, 2.24) is 25.8 Å². The Morgan fingerprint density at radius 3 is 2.50 bits per heavy atom. The highest BCUT2D eigenvalue weighted by Gasteiger charge is 2.38. The zero-order chi connectivity index (χ0) is 25.4. The quantitative estimate of drug-likeness (QED) is 0.424. The van der Waals surface area contributed by atoms with Crippen molar-refractivity contribution in [2.75, 3.05) is 0 Å². The summed E-state index contributed by atoms with van der Waals surface area (Å²) in [6, 6.07) is 9.15. The number of hydrogen-bond donors (Lipinski definition) is 2. The lowest BCUT2D eigenvalue weighted by molar-refractivity contribution is -0.122. The van der Waals surface area contributed by atoms with Crippen LogP contribution in [0.1, 0.15) is 69.1 Å². The van der Waals surface area contributed by atoms with Gasteiger partial charge in [-0.3, -0.25) is 9.59 Å². The zero-order valence-corrected chi connectivity index (χ0v) is 20.3. The summed E-state index contributed by atoms with van der Waals surface area (Å²) < 4.78 is 24.0. The van der Waals surface area contributed by atoms with Gasteiger partial charge in [-0.15, -0.1) is 0 Å². The SMILES string of the molecule is CC(=O)NC1(c2noc(CCC(=O)NCc3ccc(Oc4ccc(F)cc4)nc3)n2)CCCCCC1. The van der Waals surface area contributed by atoms with Gasteiger partial charge in [0.15, 0.2) is 5.82 Å². The first-order valence-corrected chi connectivity index (χ1v) is 12.2. The van der Waals surface area contributed by atoms with Crippen LogP contribution in [0.4, 0.5) is 4.39 Å². The standard InChI is InChI=1S/C26H30FN5O4/c1-18(33)31-26(14-4-2-3-5-15-26)25-30-24(36-32-25)13-11-22(34)28-16-19-6-12-23(29-17-19)35-21-9-7-20(27)8-10-21/h6-10,12,17H,2-5,11,13-16H2,1H3,(H,28,34)(H,31,33). The molecule has 190 valence electrons. The van der Waals surface area contributed by atoms with Crippen molar-refractivity contribution >= 4 is 11.8 Å². The third kappa shape index (κ3) is 6.87. The van der Waals surface area contributed by atoms with E-state index >= 15 is 0 Å². The number of amides is 2. The van der Waals surface area contributed by atoms with E-state index in [-0.39, 0.29) is 24.1 Å². The Labute approximate surface area is 208 Å². The second-order valence-corrected chi connectivity index (χ2v) is 9.03. The lowest BCUT2D eigenvalue weighted by Crippen LogP contribution is -2.45. The summed E-state index contributed by atoms with van der Waals surface area (Å²) >= 11 is 0. The van der Waals surface area contributed by atoms with E-state index in [0.29, 0.717) is 36.3 Å². The van der Waals surface area contributed by atoms with E-state index in [4.69, 9.17) is 9.26 Å². The van der Waals surface area contributed by atoms with E-state index in [2.05, 4.69) is 25.8 Å². The van der Waals surface area contributed by atoms with Gasteiger partial charge in [0.1, 0.15) is 17.1 Å². The molecule has 10 heteroatoms. The Hall–Kier alpha value is -3.82. The lowest BCUT2D eigenvalue weighted by Gasteiger charge is -2.30. The van der Waals surface area contributed by atoms with Gasteiger partial charge in [0.2, 0.25) is 23.6 Å². The number of pyridine rings is 1. The summed E-state index contributed by atoms with van der Waals surface area (Å²) in [5.74, 6) is 1.10. The Bertz CT molecular complexity index is 1160. The molecule has 0 saturated heterocycles. The molecule has 2 heterocycles. The fraction of sp³-hybridized carbons (Fsp3) is 0.423. The number of carbonyl (C=O) groups excluding carboxylic acids is 2. The van der Waals surface area contributed by atoms with E-state index in [1.807, 2.05) is 0 Å². The molecule has 0 radical (unpaired) electrons. The van der Waals surface area contributed by atoms with Crippen LogP contribution in [-0.2, 0) is 28.1 Å². The summed E-state index contributed by atoms with van der Waals surface area (Å²) in [6.07, 6.45) is 7.85. The number of nitrogens with one attached hydrogen (secondary N) is 2. The molecule has 0 aliphatic heterocycles. The average Bonchev–Trinajstić information content (AvgIpc) is 3.23. The van der Waals surface area contributed by atoms with E-state index in [1.165, 1.54) is 31.2 Å². The maximum absolute atomic E-state index is 13.0. The minimum Gasteiger partial charge on any atom is -0.439 e. The number of rotatable bonds is 9. The first-order valence-electron chi connectivity index (χ1n) is 12.2. The number of aryl methyl sites for hydroxylation is 1. The van der Waals surface area contributed by atoms with E-state index < -0.39 is 5.54 Å². The highest BCUT2D eigenvalue weighted by atomic mass is 19.1. The third-order valence-corrected chi connectivity index (χ3v) is 6.16. The highest BCUT2D eigenvalue weighted by Crippen LogP contribution is 2.34. The van der Waals surface area contributed by atoms with Gasteiger partial charge in [-0.25, -0.2) is 9.37 Å². The summed E-state index contributed by atoms with van der Waals surface area (Å²) in [5, 5.41) is 10.1. The number of nitrogens with zero attached hydrogens (tertiary/aromatic N) is 3. The Morgan fingerprint density at radius 2 is 1.83 bits per heavy atom. The normalized spacial score (nSPS) is 15.1. The average molecular weight is 496 g/mol. The molecule has 4 rings (SSSR count). The van der Waals surface area contributed by atoms with Gasteiger partial charge in [-0.05, 0) is 42.7 Å². The molecule has 0 bridgehead atoms. The first kappa shape index (κ1) is 25.3. The number of hydrogen-bond acceptors (Lipinski definition) is 7. The number of ether oxygens (including phenoxy) is 1. The van der Waals surface area contributed by atoms with E-state index in [1.54, 1.807) is 18.3 Å². The van der Waals surface area contributed by atoms with Gasteiger partial charge < -0.3 is 19.9 Å². The van der Waals surface area contributed by atoms with Crippen LogP contribution in [0.3, 0.4) is 0 Å². The van der Waals surface area contributed by atoms with E-state index in [9.17, 15) is 14.0 Å². The summed E-state index contributed by atoms with van der Waals surface area (Å²) in [5.41, 5.74) is 0.201. The molecule has 0 unspecified atom stereocenters. The first-order chi connectivity index (χ1) is 17.4. The van der Waals surface area contributed by atoms with Crippen LogP contribution in [-0.4, -0.2) is 26.9 Å². The Morgan fingerprint density at radius 1 is 1.08 bits per heavy atom. The van der Waals surface area contributed by atoms with Crippen molar-refractivity contribution in [3.8, 4) is 11.6 Å². The number of carbonyl (C=O) groups is 2. The number of benzene rings is 1. The molecule has 2 amide bonds. The van der Waals surface area contributed by atoms with Gasteiger partial charge in [-0.2, -0.15) is 4.98 Å². The van der Waals surface area contributed by atoms with Crippen LogP contribution in [0.5, 0.6) is 11.6 Å². The van der Waals surface area contributed by atoms with Crippen molar-refractivity contribution < 1.29 is 23.2 Å². The molecule has 1 fully saturated rings. The molecule has 0 atom stereocenters. The van der Waals surface area contributed by atoms with Crippen molar-refractivity contribution in [3.05, 3.63) is 65.7 Å². The maximum Gasteiger partial charge on any atom is 0.227 e. The van der Waals surface area contributed by atoms with Gasteiger partial charge in [-0.1, -0.05) is 36.9 Å². The third-order valence-electron chi connectivity index (χ3n) is 6.16. The molecule has 2 aromatic heterocycles. The van der Waals surface area contributed by atoms with Crippen molar-refractivity contribution in [3.63, 3.8) is 0 Å². The minimum absolute atomic E-state index is 0.118. The molecule has 1 aliphatic rings. The van der Waals surface area contributed by atoms with Crippen molar-refractivity contribution in [2.45, 2.75) is 70.4 Å². The monoisotopic (exact) mass is 495 g/mol. The number of halogens is 1. The summed E-state index contributed by atoms with van der Waals surface area (Å²) in [6.45, 7) is 1.81. The highest BCUT2D eigenvalue weighted by molar-refractivity contribution is 5.76. The molecule has 36 heavy (non-hydrogen) atoms. The van der Waals surface area contributed by atoms with Crippen molar-refractivity contribution in [1.29, 1.82) is 0 Å². The van der Waals surface area contributed by atoms with E-state index in [0.717, 1.165) is 44.1 Å². The van der Waals surface area contributed by atoms with Crippen LogP contribution >= 0.6 is 0 Å². The predicted molar refractivity (Wildman–Crippen MR) is 128 cm³/mol. The van der Waals surface area contributed by atoms with Crippen LogP contribution in [0.2, 0.25) is 0 Å². The fourth-order valence-electron chi connectivity index (χ4n) is 4.33. The second kappa shape index (κ2) is 11.7. The smallest absolute Gasteiger partial charge is 0.227 e. The predicted octanol–water partition coefficient (Wildman–Crippen LogP) is 4.33. The zero-order valence-electron chi connectivity index (χ0n) is 20.3. The second-order valence-electron chi connectivity index (χ2n) is 9.03. The Kier molecular flexibility index (Phi) is 8.24. The topological polar surface area (TPSA) is 119 Å². The summed E-state index contributed by atoms with van der Waals surface area (Å²) in [4.78, 5) is 32.9. The van der Waals surface area contributed by atoms with Gasteiger partial charge >= 0.3 is 0 Å². The Balaban J connectivity index is 1.26. The van der Waals surface area contributed by atoms with Crippen LogP contribution in [0.25, 0.3) is 0 Å². The fourth-order valence-corrected chi connectivity index (χ4v) is 4.33. The molecule has 3 aromatic rings. The van der Waals surface area contributed by atoms with Gasteiger partial charge in [0.25, 0.3) is 0 Å². The van der Waals surface area contributed by atoms with Crippen LogP contribution in [0.15, 0.2) is 47.1 Å². The van der Waals surface area contributed by atoms with Gasteiger partial charge in [0.05, 0.1) is 0 Å². The molecule has 1 saturated carbocycles. The lowest BCUT2D eigenvalue weighted by atomic mass is 9.89. The molecule has 1 aromatic carbocycles. The molecule has 9 nitrogen and oxygen atoms in total. The summed E-state index contributed by atoms with van der Waals surface area (Å²) in [7, 11) is 0. The molecular weight excluding hydrogens is 465 g/mol. The molecular formula is C26H30FN5O4. The largest absolute Gasteiger partial charge is 0.439 e.